The minimum Gasteiger partial charge on any atom is -0.392 e. The molecule has 92 valence electrons. The zero-order valence-corrected chi connectivity index (χ0v) is 10.9. The number of nitrogens with zero attached hydrogens (tertiary/aromatic N) is 1. The van der Waals surface area contributed by atoms with Crippen LogP contribution in [-0.2, 0) is 10.2 Å². The zero-order valence-electron chi connectivity index (χ0n) is 10.1. The van der Waals surface area contributed by atoms with Crippen LogP contribution in [0.1, 0.15) is 27.2 Å². The van der Waals surface area contributed by atoms with E-state index in [4.69, 9.17) is 0 Å². The fraction of sp³-hybridized carbons (Fsp3) is 1.00. The molecule has 1 atom stereocenters. The first kappa shape index (κ1) is 14.8. The maximum Gasteiger partial charge on any atom is 0.279 e. The van der Waals surface area contributed by atoms with Crippen molar-refractivity contribution in [3.8, 4) is 0 Å². The van der Waals surface area contributed by atoms with Gasteiger partial charge in [-0.05, 0) is 11.8 Å². The summed E-state index contributed by atoms with van der Waals surface area (Å²) in [5.41, 5.74) is -0.0109. The Morgan fingerprint density at radius 1 is 1.33 bits per heavy atom. The average Bonchev–Trinajstić information content (AvgIpc) is 1.97. The zero-order chi connectivity index (χ0) is 12.3. The Bertz CT molecular complexity index is 280. The van der Waals surface area contributed by atoms with Gasteiger partial charge in [0, 0.05) is 20.6 Å². The van der Waals surface area contributed by atoms with Crippen molar-refractivity contribution in [2.45, 2.75) is 33.3 Å². The van der Waals surface area contributed by atoms with Gasteiger partial charge in [0.05, 0.1) is 6.10 Å². The van der Waals surface area contributed by atoms with Crippen molar-refractivity contribution in [2.24, 2.45) is 5.41 Å². The third-order valence-electron chi connectivity index (χ3n) is 1.83. The molecule has 0 aromatic heterocycles. The molecule has 0 radical (unpaired) electrons. The van der Waals surface area contributed by atoms with E-state index in [1.165, 1.54) is 14.1 Å². The van der Waals surface area contributed by atoms with Crippen molar-refractivity contribution in [2.75, 3.05) is 20.6 Å². The lowest BCUT2D eigenvalue weighted by molar-refractivity contribution is 0.124. The summed E-state index contributed by atoms with van der Waals surface area (Å²) in [5, 5.41) is 9.58. The molecule has 0 aromatic rings. The fourth-order valence-corrected chi connectivity index (χ4v) is 1.77. The van der Waals surface area contributed by atoms with Crippen LogP contribution in [0.15, 0.2) is 0 Å². The molecular weight excluding hydrogens is 216 g/mol. The van der Waals surface area contributed by atoms with E-state index in [0.717, 1.165) is 4.31 Å². The van der Waals surface area contributed by atoms with E-state index in [1.807, 2.05) is 20.8 Å². The first-order valence-corrected chi connectivity index (χ1v) is 6.34. The van der Waals surface area contributed by atoms with Gasteiger partial charge < -0.3 is 5.11 Å². The van der Waals surface area contributed by atoms with Gasteiger partial charge in [-0.3, -0.25) is 0 Å². The first-order valence-electron chi connectivity index (χ1n) is 4.90. The van der Waals surface area contributed by atoms with Crippen molar-refractivity contribution < 1.29 is 13.5 Å². The summed E-state index contributed by atoms with van der Waals surface area (Å²) in [7, 11) is -0.540. The highest BCUT2D eigenvalue weighted by Crippen LogP contribution is 2.20. The molecule has 0 amide bonds. The molecule has 0 fully saturated rings. The Hall–Kier alpha value is -0.170. The number of nitrogens with one attached hydrogen (secondary N) is 1. The van der Waals surface area contributed by atoms with E-state index in [0.29, 0.717) is 6.42 Å². The number of aliphatic hydroxyl groups excluding tert-OH is 1. The minimum absolute atomic E-state index is 0.0109. The topological polar surface area (TPSA) is 69.6 Å². The Morgan fingerprint density at radius 2 is 1.80 bits per heavy atom. The lowest BCUT2D eigenvalue weighted by Crippen LogP contribution is -2.40. The van der Waals surface area contributed by atoms with Crippen molar-refractivity contribution in [3.63, 3.8) is 0 Å². The summed E-state index contributed by atoms with van der Waals surface area (Å²) in [6, 6.07) is 0. The number of hydrogen-bond acceptors (Lipinski definition) is 3. The smallest absolute Gasteiger partial charge is 0.279 e. The molecule has 0 rings (SSSR count). The van der Waals surface area contributed by atoms with Crippen LogP contribution in [0.25, 0.3) is 0 Å². The molecule has 0 aliphatic heterocycles. The Labute approximate surface area is 92.7 Å². The lowest BCUT2D eigenvalue weighted by Gasteiger charge is -2.23. The minimum atomic E-state index is -3.43. The van der Waals surface area contributed by atoms with Gasteiger partial charge in [-0.25, -0.2) is 0 Å². The SMILES string of the molecule is CN(C)S(=O)(=O)NCC(O)CC(C)(C)C. The van der Waals surface area contributed by atoms with Crippen LogP contribution in [-0.4, -0.2) is 44.6 Å². The Morgan fingerprint density at radius 3 is 2.13 bits per heavy atom. The summed E-state index contributed by atoms with van der Waals surface area (Å²) in [6.45, 7) is 6.04. The second kappa shape index (κ2) is 5.25. The van der Waals surface area contributed by atoms with Gasteiger partial charge in [-0.2, -0.15) is 17.4 Å². The molecule has 0 saturated carbocycles. The molecular formula is C9H22N2O3S. The molecule has 0 aromatic carbocycles. The van der Waals surface area contributed by atoms with Gasteiger partial charge in [0.1, 0.15) is 0 Å². The molecule has 0 bridgehead atoms. The van der Waals surface area contributed by atoms with Crippen LogP contribution >= 0.6 is 0 Å². The van der Waals surface area contributed by atoms with E-state index in [2.05, 4.69) is 4.72 Å². The van der Waals surface area contributed by atoms with Gasteiger partial charge in [0.25, 0.3) is 10.2 Å². The standard InChI is InChI=1S/C9H22N2O3S/c1-9(2,3)6-8(12)7-10-15(13,14)11(4)5/h8,10,12H,6-7H2,1-5H3. The van der Waals surface area contributed by atoms with E-state index in [1.54, 1.807) is 0 Å². The molecule has 0 saturated heterocycles. The van der Waals surface area contributed by atoms with Crippen LogP contribution in [0.2, 0.25) is 0 Å². The molecule has 1 unspecified atom stereocenters. The Kier molecular flexibility index (Phi) is 5.19. The molecule has 0 spiro atoms. The van der Waals surface area contributed by atoms with Gasteiger partial charge in [0.2, 0.25) is 0 Å². The van der Waals surface area contributed by atoms with Gasteiger partial charge in [0.15, 0.2) is 0 Å². The fourth-order valence-electron chi connectivity index (χ4n) is 1.11. The van der Waals surface area contributed by atoms with E-state index in [-0.39, 0.29) is 12.0 Å². The largest absolute Gasteiger partial charge is 0.392 e. The highest BCUT2D eigenvalue weighted by atomic mass is 32.2. The monoisotopic (exact) mass is 238 g/mol. The van der Waals surface area contributed by atoms with Gasteiger partial charge in [-0.1, -0.05) is 20.8 Å². The first-order chi connectivity index (χ1) is 6.54. The third kappa shape index (κ3) is 6.83. The number of rotatable bonds is 5. The second-order valence-electron chi connectivity index (χ2n) is 5.05. The van der Waals surface area contributed by atoms with Crippen molar-refractivity contribution in [1.82, 2.24) is 9.03 Å². The van der Waals surface area contributed by atoms with E-state index >= 15 is 0 Å². The molecule has 2 N–H and O–H groups in total. The third-order valence-corrected chi connectivity index (χ3v) is 3.32. The molecule has 5 nitrogen and oxygen atoms in total. The average molecular weight is 238 g/mol. The molecule has 0 aliphatic carbocycles. The summed E-state index contributed by atoms with van der Waals surface area (Å²) < 4.78 is 26.0. The Balaban J connectivity index is 4.08. The molecule has 6 heteroatoms. The molecule has 0 heterocycles. The van der Waals surface area contributed by atoms with Crippen molar-refractivity contribution in [3.05, 3.63) is 0 Å². The lowest BCUT2D eigenvalue weighted by atomic mass is 9.89. The summed E-state index contributed by atoms with van der Waals surface area (Å²) in [5.74, 6) is 0. The second-order valence-corrected chi connectivity index (χ2v) is 7.02. The maximum absolute atomic E-state index is 11.3. The summed E-state index contributed by atoms with van der Waals surface area (Å²) >= 11 is 0. The van der Waals surface area contributed by atoms with Gasteiger partial charge in [-0.15, -0.1) is 0 Å². The quantitative estimate of drug-likeness (QED) is 0.718. The molecule has 0 aliphatic rings. The summed E-state index contributed by atoms with van der Waals surface area (Å²) in [6.07, 6.45) is -0.0946. The van der Waals surface area contributed by atoms with Gasteiger partial charge >= 0.3 is 0 Å². The molecule has 15 heavy (non-hydrogen) atoms. The van der Waals surface area contributed by atoms with Crippen molar-refractivity contribution >= 4 is 10.2 Å². The van der Waals surface area contributed by atoms with Crippen LogP contribution in [0, 0.1) is 5.41 Å². The predicted molar refractivity (Wildman–Crippen MR) is 60.7 cm³/mol. The number of hydrogen-bond donors (Lipinski definition) is 2. The van der Waals surface area contributed by atoms with Crippen molar-refractivity contribution in [1.29, 1.82) is 0 Å². The highest BCUT2D eigenvalue weighted by Gasteiger charge is 2.19. The summed E-state index contributed by atoms with van der Waals surface area (Å²) in [4.78, 5) is 0. The predicted octanol–water partition coefficient (Wildman–Crippen LogP) is 0.179. The highest BCUT2D eigenvalue weighted by molar-refractivity contribution is 7.87. The van der Waals surface area contributed by atoms with E-state index in [9.17, 15) is 13.5 Å². The van der Waals surface area contributed by atoms with E-state index < -0.39 is 16.3 Å². The van der Waals surface area contributed by atoms with Crippen LogP contribution in [0.4, 0.5) is 0 Å². The normalized spacial score (nSPS) is 15.7. The number of aliphatic hydroxyl groups is 1. The van der Waals surface area contributed by atoms with Crippen LogP contribution < -0.4 is 4.72 Å². The van der Waals surface area contributed by atoms with Crippen LogP contribution in [0.3, 0.4) is 0 Å². The van der Waals surface area contributed by atoms with Crippen LogP contribution in [0.5, 0.6) is 0 Å². The maximum atomic E-state index is 11.3.